The van der Waals surface area contributed by atoms with E-state index in [2.05, 4.69) is 19.2 Å². The molecule has 2 rings (SSSR count). The summed E-state index contributed by atoms with van der Waals surface area (Å²) in [6, 6.07) is 5.06. The van der Waals surface area contributed by atoms with E-state index in [0.717, 1.165) is 19.3 Å². The third-order valence-corrected chi connectivity index (χ3v) is 7.53. The molecule has 6 heteroatoms. The molecule has 1 aromatic carbocycles. The van der Waals surface area contributed by atoms with E-state index in [1.54, 1.807) is 19.1 Å². The van der Waals surface area contributed by atoms with Crippen LogP contribution in [0.1, 0.15) is 62.9 Å². The van der Waals surface area contributed by atoms with Crippen molar-refractivity contribution in [1.82, 2.24) is 9.62 Å². The normalized spacial score (nSPS) is 20.0. The zero-order chi connectivity index (χ0) is 18.8. The van der Waals surface area contributed by atoms with Gasteiger partial charge in [-0.05, 0) is 42.9 Å². The van der Waals surface area contributed by atoms with E-state index in [4.69, 9.17) is 0 Å². The van der Waals surface area contributed by atoms with Crippen molar-refractivity contribution < 1.29 is 13.2 Å². The lowest BCUT2D eigenvalue weighted by Crippen LogP contribution is -2.41. The minimum Gasteiger partial charge on any atom is -0.349 e. The second kappa shape index (κ2) is 7.46. The molecule has 1 N–H and O–H groups in total. The minimum atomic E-state index is -3.58. The topological polar surface area (TPSA) is 66.5 Å². The van der Waals surface area contributed by atoms with Gasteiger partial charge in [0.25, 0.3) is 5.91 Å². The highest BCUT2D eigenvalue weighted by molar-refractivity contribution is 7.89. The van der Waals surface area contributed by atoms with E-state index in [-0.39, 0.29) is 22.3 Å². The maximum Gasteiger partial charge on any atom is 0.251 e. The van der Waals surface area contributed by atoms with Gasteiger partial charge in [0.1, 0.15) is 0 Å². The zero-order valence-electron chi connectivity index (χ0n) is 15.9. The molecule has 0 radical (unpaired) electrons. The molecule has 0 spiro atoms. The predicted molar refractivity (Wildman–Crippen MR) is 100 cm³/mol. The molecule has 1 atom stereocenters. The standard InChI is InChI=1S/C19H30N2O3S/c1-6-21(7-2)25(23,24)16-13-15(11-10-14(16)3)18(22)20-17-9-8-12-19(17,4)5/h10-11,13,17H,6-9,12H2,1-5H3,(H,20,22). The molecule has 1 saturated carbocycles. The number of carbonyl (C=O) groups excluding carboxylic acids is 1. The predicted octanol–water partition coefficient (Wildman–Crippen LogP) is 3.33. The number of benzene rings is 1. The number of sulfonamides is 1. The van der Waals surface area contributed by atoms with Gasteiger partial charge in [0.2, 0.25) is 10.0 Å². The van der Waals surface area contributed by atoms with Gasteiger partial charge in [-0.3, -0.25) is 4.79 Å². The average molecular weight is 367 g/mol. The van der Waals surface area contributed by atoms with Crippen LogP contribution in [0.15, 0.2) is 23.1 Å². The third-order valence-electron chi connectivity index (χ3n) is 5.34. The van der Waals surface area contributed by atoms with E-state index in [9.17, 15) is 13.2 Å². The van der Waals surface area contributed by atoms with Crippen LogP contribution in [0.5, 0.6) is 0 Å². The fourth-order valence-electron chi connectivity index (χ4n) is 3.56. The number of rotatable bonds is 6. The van der Waals surface area contributed by atoms with Crippen molar-refractivity contribution in [2.75, 3.05) is 13.1 Å². The Balaban J connectivity index is 2.31. The Morgan fingerprint density at radius 3 is 2.44 bits per heavy atom. The number of amides is 1. The minimum absolute atomic E-state index is 0.0798. The van der Waals surface area contributed by atoms with Crippen molar-refractivity contribution in [3.05, 3.63) is 29.3 Å². The van der Waals surface area contributed by atoms with Gasteiger partial charge in [0, 0.05) is 24.7 Å². The number of carbonyl (C=O) groups is 1. The first kappa shape index (κ1) is 19.9. The van der Waals surface area contributed by atoms with Crippen molar-refractivity contribution in [2.24, 2.45) is 5.41 Å². The lowest BCUT2D eigenvalue weighted by atomic mass is 9.87. The molecule has 0 bridgehead atoms. The SMILES string of the molecule is CCN(CC)S(=O)(=O)c1cc(C(=O)NC2CCCC2(C)C)ccc1C. The summed E-state index contributed by atoms with van der Waals surface area (Å²) in [6.07, 6.45) is 3.16. The van der Waals surface area contributed by atoms with Gasteiger partial charge in [0.05, 0.1) is 4.90 Å². The summed E-state index contributed by atoms with van der Waals surface area (Å²) in [7, 11) is -3.58. The molecular formula is C19H30N2O3S. The van der Waals surface area contributed by atoms with Crippen LogP contribution in [-0.2, 0) is 10.0 Å². The van der Waals surface area contributed by atoms with Gasteiger partial charge in [-0.1, -0.05) is 40.2 Å². The zero-order valence-corrected chi connectivity index (χ0v) is 16.7. The summed E-state index contributed by atoms with van der Waals surface area (Å²) < 4.78 is 27.1. The molecule has 1 amide bonds. The second-order valence-corrected chi connectivity index (χ2v) is 9.38. The maximum atomic E-state index is 12.8. The molecule has 1 unspecified atom stereocenters. The van der Waals surface area contributed by atoms with Crippen LogP contribution in [0, 0.1) is 12.3 Å². The Bertz CT molecular complexity index is 737. The summed E-state index contributed by atoms with van der Waals surface area (Å²) in [5, 5.41) is 3.09. The molecule has 1 fully saturated rings. The van der Waals surface area contributed by atoms with Crippen molar-refractivity contribution >= 4 is 15.9 Å². The maximum absolute atomic E-state index is 12.8. The van der Waals surface area contributed by atoms with E-state index in [0.29, 0.717) is 24.2 Å². The van der Waals surface area contributed by atoms with Crippen LogP contribution in [0.3, 0.4) is 0 Å². The quantitative estimate of drug-likeness (QED) is 0.840. The molecule has 0 aliphatic heterocycles. The summed E-state index contributed by atoms with van der Waals surface area (Å²) in [5.41, 5.74) is 1.14. The van der Waals surface area contributed by atoms with E-state index in [1.165, 1.54) is 10.4 Å². The highest BCUT2D eigenvalue weighted by Crippen LogP contribution is 2.37. The van der Waals surface area contributed by atoms with Crippen LogP contribution in [-0.4, -0.2) is 37.8 Å². The number of aryl methyl sites for hydroxylation is 1. The van der Waals surface area contributed by atoms with Crippen LogP contribution in [0.2, 0.25) is 0 Å². The van der Waals surface area contributed by atoms with Crippen LogP contribution < -0.4 is 5.32 Å². The van der Waals surface area contributed by atoms with Crippen LogP contribution in [0.4, 0.5) is 0 Å². The molecule has 0 aromatic heterocycles. The third kappa shape index (κ3) is 4.06. The molecule has 1 aliphatic rings. The molecule has 0 heterocycles. The van der Waals surface area contributed by atoms with Crippen molar-refractivity contribution in [1.29, 1.82) is 0 Å². The Morgan fingerprint density at radius 2 is 1.92 bits per heavy atom. The Labute approximate surface area is 151 Å². The van der Waals surface area contributed by atoms with Gasteiger partial charge in [0.15, 0.2) is 0 Å². The summed E-state index contributed by atoms with van der Waals surface area (Å²) >= 11 is 0. The summed E-state index contributed by atoms with van der Waals surface area (Å²) in [6.45, 7) is 10.5. The number of nitrogens with one attached hydrogen (secondary N) is 1. The highest BCUT2D eigenvalue weighted by atomic mass is 32.2. The van der Waals surface area contributed by atoms with E-state index < -0.39 is 10.0 Å². The van der Waals surface area contributed by atoms with Crippen LogP contribution in [0.25, 0.3) is 0 Å². The first-order valence-corrected chi connectivity index (χ1v) is 10.5. The van der Waals surface area contributed by atoms with Gasteiger partial charge in [-0.25, -0.2) is 8.42 Å². The van der Waals surface area contributed by atoms with Gasteiger partial charge < -0.3 is 5.32 Å². The highest BCUT2D eigenvalue weighted by Gasteiger charge is 2.35. The molecule has 140 valence electrons. The van der Waals surface area contributed by atoms with Crippen molar-refractivity contribution in [2.45, 2.75) is 64.8 Å². The average Bonchev–Trinajstić information content (AvgIpc) is 2.87. The van der Waals surface area contributed by atoms with Gasteiger partial charge >= 0.3 is 0 Å². The Hall–Kier alpha value is -1.40. The van der Waals surface area contributed by atoms with Crippen molar-refractivity contribution in [3.63, 3.8) is 0 Å². The number of hydrogen-bond acceptors (Lipinski definition) is 3. The molecule has 25 heavy (non-hydrogen) atoms. The Kier molecular flexibility index (Phi) is 5.94. The molecule has 1 aliphatic carbocycles. The molecule has 1 aromatic rings. The summed E-state index contributed by atoms with van der Waals surface area (Å²) in [4.78, 5) is 12.9. The molecular weight excluding hydrogens is 336 g/mol. The molecule has 0 saturated heterocycles. The van der Waals surface area contributed by atoms with E-state index in [1.807, 2.05) is 13.8 Å². The number of hydrogen-bond donors (Lipinski definition) is 1. The van der Waals surface area contributed by atoms with Crippen LogP contribution >= 0.6 is 0 Å². The smallest absolute Gasteiger partial charge is 0.251 e. The van der Waals surface area contributed by atoms with Gasteiger partial charge in [-0.15, -0.1) is 0 Å². The fourth-order valence-corrected chi connectivity index (χ4v) is 5.27. The molecule has 5 nitrogen and oxygen atoms in total. The summed E-state index contributed by atoms with van der Waals surface area (Å²) in [5.74, 6) is -0.198. The lowest BCUT2D eigenvalue weighted by molar-refractivity contribution is 0.0910. The monoisotopic (exact) mass is 366 g/mol. The first-order valence-electron chi connectivity index (χ1n) is 9.05. The fraction of sp³-hybridized carbons (Fsp3) is 0.632. The second-order valence-electron chi connectivity index (χ2n) is 7.48. The number of nitrogens with zero attached hydrogens (tertiary/aromatic N) is 1. The lowest BCUT2D eigenvalue weighted by Gasteiger charge is -2.28. The Morgan fingerprint density at radius 1 is 1.28 bits per heavy atom. The van der Waals surface area contributed by atoms with Crippen molar-refractivity contribution in [3.8, 4) is 0 Å². The largest absolute Gasteiger partial charge is 0.349 e. The van der Waals surface area contributed by atoms with E-state index >= 15 is 0 Å². The van der Waals surface area contributed by atoms with Gasteiger partial charge in [-0.2, -0.15) is 4.31 Å². The first-order chi connectivity index (χ1) is 11.6.